The highest BCUT2D eigenvalue weighted by Gasteiger charge is 2.19. The van der Waals surface area contributed by atoms with E-state index in [2.05, 4.69) is 25.4 Å². The molecule has 0 saturated carbocycles. The maximum absolute atomic E-state index is 12.4. The van der Waals surface area contributed by atoms with Crippen molar-refractivity contribution in [3.63, 3.8) is 0 Å². The lowest BCUT2D eigenvalue weighted by atomic mass is 10.1. The second-order valence-corrected chi connectivity index (χ2v) is 7.29. The molecule has 29 heavy (non-hydrogen) atoms. The number of nitrogens with zero attached hydrogens (tertiary/aromatic N) is 6. The SMILES string of the molecule is O=C(Nc1cccc(-c2ccn3c(N4CCOCC4)nnc3n2)c1)N1CCCC1. The summed E-state index contributed by atoms with van der Waals surface area (Å²) in [4.78, 5) is 21.0. The van der Waals surface area contributed by atoms with Gasteiger partial charge >= 0.3 is 6.03 Å². The predicted octanol–water partition coefficient (Wildman–Crippen LogP) is 2.26. The minimum atomic E-state index is -0.0457. The van der Waals surface area contributed by atoms with E-state index in [4.69, 9.17) is 4.74 Å². The Kier molecular flexibility index (Phi) is 4.73. The Bertz CT molecular complexity index is 1020. The first-order valence-electron chi connectivity index (χ1n) is 9.99. The molecule has 4 heterocycles. The quantitative estimate of drug-likeness (QED) is 0.734. The van der Waals surface area contributed by atoms with E-state index in [-0.39, 0.29) is 6.03 Å². The van der Waals surface area contributed by atoms with Crippen LogP contribution in [0.1, 0.15) is 12.8 Å². The van der Waals surface area contributed by atoms with Crippen molar-refractivity contribution in [2.75, 3.05) is 49.6 Å². The van der Waals surface area contributed by atoms with Crippen molar-refractivity contribution in [3.8, 4) is 11.3 Å². The van der Waals surface area contributed by atoms with Crippen LogP contribution in [0, 0.1) is 0 Å². The molecule has 2 fully saturated rings. The van der Waals surface area contributed by atoms with Crippen molar-refractivity contribution in [2.24, 2.45) is 0 Å². The molecule has 150 valence electrons. The molecule has 2 amide bonds. The van der Waals surface area contributed by atoms with Gasteiger partial charge in [-0.15, -0.1) is 10.2 Å². The van der Waals surface area contributed by atoms with E-state index in [0.717, 1.165) is 61.9 Å². The molecule has 0 radical (unpaired) electrons. The third kappa shape index (κ3) is 3.61. The lowest BCUT2D eigenvalue weighted by Crippen LogP contribution is -2.37. The molecule has 0 spiro atoms. The largest absolute Gasteiger partial charge is 0.378 e. The van der Waals surface area contributed by atoms with Crippen molar-refractivity contribution in [1.29, 1.82) is 0 Å². The molecule has 2 saturated heterocycles. The smallest absolute Gasteiger partial charge is 0.321 e. The second-order valence-electron chi connectivity index (χ2n) is 7.29. The number of amides is 2. The average molecular weight is 393 g/mol. The number of hydrogen-bond acceptors (Lipinski definition) is 6. The Morgan fingerprint density at radius 2 is 1.86 bits per heavy atom. The fourth-order valence-corrected chi connectivity index (χ4v) is 3.79. The molecule has 5 rings (SSSR count). The van der Waals surface area contributed by atoms with Crippen LogP contribution in [0.2, 0.25) is 0 Å². The van der Waals surface area contributed by atoms with Gasteiger partial charge in [0.2, 0.25) is 5.95 Å². The number of rotatable bonds is 3. The summed E-state index contributed by atoms with van der Waals surface area (Å²) in [7, 11) is 0. The summed E-state index contributed by atoms with van der Waals surface area (Å²) >= 11 is 0. The fourth-order valence-electron chi connectivity index (χ4n) is 3.79. The Labute approximate surface area is 168 Å². The summed E-state index contributed by atoms with van der Waals surface area (Å²) in [5.74, 6) is 1.34. The number of nitrogens with one attached hydrogen (secondary N) is 1. The van der Waals surface area contributed by atoms with Crippen LogP contribution < -0.4 is 10.2 Å². The van der Waals surface area contributed by atoms with E-state index >= 15 is 0 Å². The van der Waals surface area contributed by atoms with Crippen LogP contribution in [-0.4, -0.2) is 69.9 Å². The topological polar surface area (TPSA) is 87.9 Å². The summed E-state index contributed by atoms with van der Waals surface area (Å²) < 4.78 is 7.31. The monoisotopic (exact) mass is 393 g/mol. The molecule has 9 heteroatoms. The van der Waals surface area contributed by atoms with E-state index in [0.29, 0.717) is 19.0 Å². The zero-order valence-corrected chi connectivity index (χ0v) is 16.1. The predicted molar refractivity (Wildman–Crippen MR) is 109 cm³/mol. The van der Waals surface area contributed by atoms with E-state index in [1.165, 1.54) is 0 Å². The first kappa shape index (κ1) is 17.9. The normalized spacial score (nSPS) is 17.1. The summed E-state index contributed by atoms with van der Waals surface area (Å²) in [6.07, 6.45) is 4.09. The molecule has 0 aliphatic carbocycles. The molecule has 2 aliphatic rings. The highest BCUT2D eigenvalue weighted by atomic mass is 16.5. The number of hydrogen-bond donors (Lipinski definition) is 1. The van der Waals surface area contributed by atoms with E-state index < -0.39 is 0 Å². The van der Waals surface area contributed by atoms with Crippen LogP contribution in [0.5, 0.6) is 0 Å². The van der Waals surface area contributed by atoms with Gasteiger partial charge in [-0.1, -0.05) is 12.1 Å². The van der Waals surface area contributed by atoms with E-state index in [1.807, 2.05) is 45.8 Å². The van der Waals surface area contributed by atoms with Crippen LogP contribution in [0.3, 0.4) is 0 Å². The van der Waals surface area contributed by atoms with Gasteiger partial charge in [-0.2, -0.15) is 0 Å². The fraction of sp³-hybridized carbons (Fsp3) is 0.400. The van der Waals surface area contributed by atoms with Gasteiger partial charge < -0.3 is 19.9 Å². The van der Waals surface area contributed by atoms with Gasteiger partial charge in [0.1, 0.15) is 0 Å². The molecular formula is C20H23N7O2. The molecule has 1 N–H and O–H groups in total. The van der Waals surface area contributed by atoms with Crippen LogP contribution in [0.25, 0.3) is 17.0 Å². The zero-order chi connectivity index (χ0) is 19.6. The Hall–Kier alpha value is -3.20. The minimum Gasteiger partial charge on any atom is -0.378 e. The molecule has 3 aromatic rings. The maximum Gasteiger partial charge on any atom is 0.321 e. The van der Waals surface area contributed by atoms with Crippen molar-refractivity contribution in [2.45, 2.75) is 12.8 Å². The molecular weight excluding hydrogens is 370 g/mol. The number of urea groups is 1. The summed E-state index contributed by atoms with van der Waals surface area (Å²) in [5, 5.41) is 11.5. The minimum absolute atomic E-state index is 0.0457. The van der Waals surface area contributed by atoms with Gasteiger partial charge in [0.15, 0.2) is 0 Å². The maximum atomic E-state index is 12.4. The van der Waals surface area contributed by atoms with Crippen LogP contribution in [0.4, 0.5) is 16.4 Å². The first-order chi connectivity index (χ1) is 14.3. The Morgan fingerprint density at radius 3 is 2.69 bits per heavy atom. The zero-order valence-electron chi connectivity index (χ0n) is 16.1. The van der Waals surface area contributed by atoms with Crippen LogP contribution in [0.15, 0.2) is 36.5 Å². The number of likely N-dealkylation sites (tertiary alicyclic amines) is 1. The highest BCUT2D eigenvalue weighted by molar-refractivity contribution is 5.90. The number of carbonyl (C=O) groups is 1. The van der Waals surface area contributed by atoms with Crippen molar-refractivity contribution in [3.05, 3.63) is 36.5 Å². The summed E-state index contributed by atoms with van der Waals surface area (Å²) in [5.41, 5.74) is 2.47. The first-order valence-corrected chi connectivity index (χ1v) is 9.99. The van der Waals surface area contributed by atoms with Crippen molar-refractivity contribution < 1.29 is 9.53 Å². The molecule has 1 aromatic carbocycles. The second kappa shape index (κ2) is 7.67. The molecule has 2 aromatic heterocycles. The highest BCUT2D eigenvalue weighted by Crippen LogP contribution is 2.23. The van der Waals surface area contributed by atoms with Gasteiger partial charge in [-0.25, -0.2) is 9.78 Å². The van der Waals surface area contributed by atoms with Crippen molar-refractivity contribution >= 4 is 23.4 Å². The number of fused-ring (bicyclic) bond motifs is 1. The van der Waals surface area contributed by atoms with Crippen molar-refractivity contribution in [1.82, 2.24) is 24.5 Å². The molecule has 0 atom stereocenters. The van der Waals surface area contributed by atoms with Gasteiger partial charge in [-0.3, -0.25) is 4.40 Å². The van der Waals surface area contributed by atoms with E-state index in [9.17, 15) is 4.79 Å². The molecule has 0 bridgehead atoms. The summed E-state index contributed by atoms with van der Waals surface area (Å²) in [6.45, 7) is 4.61. The molecule has 0 unspecified atom stereocenters. The average Bonchev–Trinajstić information content (AvgIpc) is 3.44. The van der Waals surface area contributed by atoms with E-state index in [1.54, 1.807) is 0 Å². The molecule has 9 nitrogen and oxygen atoms in total. The van der Waals surface area contributed by atoms with Gasteiger partial charge in [0.05, 0.1) is 18.9 Å². The number of aromatic nitrogens is 4. The number of benzene rings is 1. The van der Waals surface area contributed by atoms with Gasteiger partial charge in [0.25, 0.3) is 5.78 Å². The lowest BCUT2D eigenvalue weighted by Gasteiger charge is -2.26. The third-order valence-electron chi connectivity index (χ3n) is 5.36. The Morgan fingerprint density at radius 1 is 1.03 bits per heavy atom. The number of ether oxygens (including phenoxy) is 1. The standard InChI is InChI=1S/C20H23N7O2/c28-20(26-7-1-2-8-26)21-16-5-3-4-15(14-16)17-6-9-27-18(22-17)23-24-19(27)25-10-12-29-13-11-25/h3-6,9,14H,1-2,7-8,10-13H2,(H,21,28). The lowest BCUT2D eigenvalue weighted by molar-refractivity contribution is 0.122. The van der Waals surface area contributed by atoms with Crippen LogP contribution >= 0.6 is 0 Å². The van der Waals surface area contributed by atoms with Gasteiger partial charge in [0, 0.05) is 43.6 Å². The Balaban J connectivity index is 1.38. The third-order valence-corrected chi connectivity index (χ3v) is 5.36. The summed E-state index contributed by atoms with van der Waals surface area (Å²) in [6, 6.07) is 9.63. The van der Waals surface area contributed by atoms with Gasteiger partial charge in [-0.05, 0) is 31.0 Å². The number of morpholine rings is 1. The number of anilines is 2. The van der Waals surface area contributed by atoms with Crippen LogP contribution in [-0.2, 0) is 4.74 Å². The molecule has 2 aliphatic heterocycles. The number of carbonyl (C=O) groups excluding carboxylic acids is 1.